The van der Waals surface area contributed by atoms with E-state index in [-0.39, 0.29) is 5.54 Å². The number of benzene rings is 1. The third-order valence-electron chi connectivity index (χ3n) is 3.47. The quantitative estimate of drug-likeness (QED) is 0.818. The first-order chi connectivity index (χ1) is 8.04. The Morgan fingerprint density at radius 1 is 1.35 bits per heavy atom. The molecule has 94 valence electrons. The molecule has 3 nitrogen and oxygen atoms in total. The van der Waals surface area contributed by atoms with Gasteiger partial charge in [0, 0.05) is 24.2 Å². The molecule has 0 bridgehead atoms. The number of nitrogens with two attached hydrogens (primary N) is 1. The molecule has 0 spiro atoms. The standard InChI is InChI=1S/C14H22N2O/c1-10-6-11(2)12(13(7-10)17-3)8-16-9-14(15)4-5-14/h6-7,16H,4-5,8-9,15H2,1-3H3. The van der Waals surface area contributed by atoms with Crippen LogP contribution in [0.15, 0.2) is 12.1 Å². The summed E-state index contributed by atoms with van der Waals surface area (Å²) in [6.45, 7) is 5.94. The molecule has 1 saturated carbocycles. The Labute approximate surface area is 103 Å². The van der Waals surface area contributed by atoms with Crippen LogP contribution < -0.4 is 15.8 Å². The average Bonchev–Trinajstić information content (AvgIpc) is 2.99. The van der Waals surface area contributed by atoms with Crippen LogP contribution in [-0.2, 0) is 6.54 Å². The zero-order valence-electron chi connectivity index (χ0n) is 11.0. The SMILES string of the molecule is COc1cc(C)cc(C)c1CNCC1(N)CC1. The molecular formula is C14H22N2O. The average molecular weight is 234 g/mol. The van der Waals surface area contributed by atoms with Crippen LogP contribution in [0, 0.1) is 13.8 Å². The number of aryl methyl sites for hydroxylation is 2. The molecule has 0 atom stereocenters. The van der Waals surface area contributed by atoms with E-state index in [0.29, 0.717) is 0 Å². The fourth-order valence-electron chi connectivity index (χ4n) is 2.14. The first-order valence-electron chi connectivity index (χ1n) is 6.18. The number of ether oxygens (including phenoxy) is 1. The summed E-state index contributed by atoms with van der Waals surface area (Å²) in [5, 5.41) is 3.43. The van der Waals surface area contributed by atoms with Gasteiger partial charge in [-0.2, -0.15) is 0 Å². The van der Waals surface area contributed by atoms with E-state index in [1.807, 2.05) is 0 Å². The smallest absolute Gasteiger partial charge is 0.123 e. The number of rotatable bonds is 5. The van der Waals surface area contributed by atoms with Gasteiger partial charge < -0.3 is 15.8 Å². The van der Waals surface area contributed by atoms with E-state index in [9.17, 15) is 0 Å². The Morgan fingerprint density at radius 2 is 2.06 bits per heavy atom. The van der Waals surface area contributed by atoms with Crippen LogP contribution in [0.3, 0.4) is 0 Å². The topological polar surface area (TPSA) is 47.3 Å². The molecule has 3 heteroatoms. The van der Waals surface area contributed by atoms with Gasteiger partial charge in [-0.25, -0.2) is 0 Å². The second-order valence-electron chi connectivity index (χ2n) is 5.23. The van der Waals surface area contributed by atoms with Crippen LogP contribution >= 0.6 is 0 Å². The minimum atomic E-state index is 0.0613. The van der Waals surface area contributed by atoms with Gasteiger partial charge in [-0.05, 0) is 43.9 Å². The largest absolute Gasteiger partial charge is 0.496 e. The molecule has 1 aliphatic carbocycles. The monoisotopic (exact) mass is 234 g/mol. The molecule has 1 aromatic rings. The highest BCUT2D eigenvalue weighted by atomic mass is 16.5. The van der Waals surface area contributed by atoms with E-state index < -0.39 is 0 Å². The molecule has 0 radical (unpaired) electrons. The molecule has 0 saturated heterocycles. The molecule has 0 amide bonds. The predicted molar refractivity (Wildman–Crippen MR) is 70.3 cm³/mol. The summed E-state index contributed by atoms with van der Waals surface area (Å²) in [5.74, 6) is 0.969. The van der Waals surface area contributed by atoms with Crippen molar-refractivity contribution < 1.29 is 4.74 Å². The second-order valence-corrected chi connectivity index (χ2v) is 5.23. The normalized spacial score (nSPS) is 16.9. The lowest BCUT2D eigenvalue weighted by Gasteiger charge is -2.15. The van der Waals surface area contributed by atoms with Gasteiger partial charge in [-0.1, -0.05) is 6.07 Å². The fraction of sp³-hybridized carbons (Fsp3) is 0.571. The molecule has 0 unspecified atom stereocenters. The number of nitrogens with one attached hydrogen (secondary N) is 1. The van der Waals surface area contributed by atoms with Gasteiger partial charge in [-0.3, -0.25) is 0 Å². The predicted octanol–water partition coefficient (Wildman–Crippen LogP) is 1.89. The van der Waals surface area contributed by atoms with Crippen molar-refractivity contribution in [2.45, 2.75) is 38.8 Å². The summed E-state index contributed by atoms with van der Waals surface area (Å²) in [4.78, 5) is 0. The summed E-state index contributed by atoms with van der Waals surface area (Å²) < 4.78 is 5.43. The van der Waals surface area contributed by atoms with Gasteiger partial charge in [0.25, 0.3) is 0 Å². The first kappa shape index (κ1) is 12.4. The maximum atomic E-state index is 6.05. The zero-order chi connectivity index (χ0) is 12.5. The minimum Gasteiger partial charge on any atom is -0.496 e. The number of hydrogen-bond acceptors (Lipinski definition) is 3. The number of methoxy groups -OCH3 is 1. The maximum Gasteiger partial charge on any atom is 0.123 e. The number of hydrogen-bond donors (Lipinski definition) is 2. The minimum absolute atomic E-state index is 0.0613. The lowest BCUT2D eigenvalue weighted by molar-refractivity contribution is 0.406. The van der Waals surface area contributed by atoms with Crippen molar-refractivity contribution >= 4 is 0 Å². The van der Waals surface area contributed by atoms with Crippen molar-refractivity contribution in [1.82, 2.24) is 5.32 Å². The molecule has 2 rings (SSSR count). The fourth-order valence-corrected chi connectivity index (χ4v) is 2.14. The molecule has 3 N–H and O–H groups in total. The third kappa shape index (κ3) is 2.99. The Kier molecular flexibility index (Phi) is 3.40. The van der Waals surface area contributed by atoms with Gasteiger partial charge >= 0.3 is 0 Å². The van der Waals surface area contributed by atoms with Crippen molar-refractivity contribution in [2.24, 2.45) is 5.73 Å². The molecule has 1 aromatic carbocycles. The molecule has 1 aliphatic rings. The highest BCUT2D eigenvalue weighted by molar-refractivity contribution is 5.43. The van der Waals surface area contributed by atoms with Crippen molar-refractivity contribution in [3.63, 3.8) is 0 Å². The van der Waals surface area contributed by atoms with Gasteiger partial charge in [0.2, 0.25) is 0 Å². The van der Waals surface area contributed by atoms with E-state index in [4.69, 9.17) is 10.5 Å². The van der Waals surface area contributed by atoms with E-state index >= 15 is 0 Å². The van der Waals surface area contributed by atoms with Crippen LogP contribution in [0.2, 0.25) is 0 Å². The van der Waals surface area contributed by atoms with E-state index in [2.05, 4.69) is 31.3 Å². The van der Waals surface area contributed by atoms with Gasteiger partial charge in [0.05, 0.1) is 7.11 Å². The molecule has 0 aliphatic heterocycles. The Balaban J connectivity index is 2.03. The summed E-state index contributed by atoms with van der Waals surface area (Å²) >= 11 is 0. The van der Waals surface area contributed by atoms with E-state index in [1.165, 1.54) is 16.7 Å². The van der Waals surface area contributed by atoms with Crippen LogP contribution in [0.1, 0.15) is 29.5 Å². The lowest BCUT2D eigenvalue weighted by Crippen LogP contribution is -2.35. The maximum absolute atomic E-state index is 6.05. The molecule has 0 heterocycles. The molecular weight excluding hydrogens is 212 g/mol. The summed E-state index contributed by atoms with van der Waals surface area (Å²) in [7, 11) is 1.73. The summed E-state index contributed by atoms with van der Waals surface area (Å²) in [6.07, 6.45) is 2.29. The van der Waals surface area contributed by atoms with Gasteiger partial charge in [-0.15, -0.1) is 0 Å². The first-order valence-corrected chi connectivity index (χ1v) is 6.18. The molecule has 0 aromatic heterocycles. The van der Waals surface area contributed by atoms with E-state index in [0.717, 1.165) is 31.7 Å². The van der Waals surface area contributed by atoms with Crippen molar-refractivity contribution in [3.8, 4) is 5.75 Å². The van der Waals surface area contributed by atoms with Crippen molar-refractivity contribution in [2.75, 3.05) is 13.7 Å². The Bertz CT molecular complexity index is 411. The Hall–Kier alpha value is -1.06. The third-order valence-corrected chi connectivity index (χ3v) is 3.47. The highest BCUT2D eigenvalue weighted by Gasteiger charge is 2.37. The van der Waals surface area contributed by atoms with Crippen molar-refractivity contribution in [1.29, 1.82) is 0 Å². The van der Waals surface area contributed by atoms with Crippen molar-refractivity contribution in [3.05, 3.63) is 28.8 Å². The van der Waals surface area contributed by atoms with Crippen LogP contribution in [0.25, 0.3) is 0 Å². The van der Waals surface area contributed by atoms with Gasteiger partial charge in [0.1, 0.15) is 5.75 Å². The summed E-state index contributed by atoms with van der Waals surface area (Å²) in [6, 6.07) is 4.27. The molecule has 1 fully saturated rings. The Morgan fingerprint density at radius 3 is 2.65 bits per heavy atom. The van der Waals surface area contributed by atoms with Crippen LogP contribution in [-0.4, -0.2) is 19.2 Å². The lowest BCUT2D eigenvalue weighted by atomic mass is 10.0. The zero-order valence-corrected chi connectivity index (χ0v) is 11.0. The van der Waals surface area contributed by atoms with Crippen LogP contribution in [0.4, 0.5) is 0 Å². The van der Waals surface area contributed by atoms with E-state index in [1.54, 1.807) is 7.11 Å². The van der Waals surface area contributed by atoms with Gasteiger partial charge in [0.15, 0.2) is 0 Å². The van der Waals surface area contributed by atoms with Crippen LogP contribution in [0.5, 0.6) is 5.75 Å². The molecule has 17 heavy (non-hydrogen) atoms. The second kappa shape index (κ2) is 4.67. The highest BCUT2D eigenvalue weighted by Crippen LogP contribution is 2.31. The summed E-state index contributed by atoms with van der Waals surface area (Å²) in [5.41, 5.74) is 9.86.